The molecule has 0 radical (unpaired) electrons. The Kier molecular flexibility index (Phi) is 1.58. The Labute approximate surface area is 90.7 Å². The molecule has 2 heterocycles. The van der Waals surface area contributed by atoms with Crippen LogP contribution in [-0.2, 0) is 0 Å². The molecule has 0 aliphatic carbocycles. The van der Waals surface area contributed by atoms with Crippen molar-refractivity contribution in [3.63, 3.8) is 0 Å². The van der Waals surface area contributed by atoms with Crippen molar-refractivity contribution < 1.29 is 0 Å². The number of imidazole rings is 2. The zero-order valence-electron chi connectivity index (χ0n) is 7.77. The highest BCUT2D eigenvalue weighted by molar-refractivity contribution is 7.80. The number of hydrogen-bond donors (Lipinski definition) is 2. The summed E-state index contributed by atoms with van der Waals surface area (Å²) < 4.78 is 1.93. The quantitative estimate of drug-likeness (QED) is 0.605. The molecule has 4 nitrogen and oxygen atoms in total. The van der Waals surface area contributed by atoms with Crippen molar-refractivity contribution in [2.24, 2.45) is 5.73 Å². The fourth-order valence-corrected chi connectivity index (χ4v) is 1.90. The van der Waals surface area contributed by atoms with Crippen LogP contribution < -0.4 is 5.73 Å². The molecule has 0 unspecified atom stereocenters. The molecule has 0 amide bonds. The van der Waals surface area contributed by atoms with Gasteiger partial charge in [0, 0.05) is 0 Å². The molecular formula is C10H8N4S. The van der Waals surface area contributed by atoms with Crippen LogP contribution in [0.3, 0.4) is 0 Å². The Hall–Kier alpha value is -1.88. The van der Waals surface area contributed by atoms with Crippen molar-refractivity contribution in [1.29, 1.82) is 0 Å². The van der Waals surface area contributed by atoms with E-state index < -0.39 is 0 Å². The minimum absolute atomic E-state index is 0.354. The molecule has 0 aliphatic rings. The van der Waals surface area contributed by atoms with Crippen molar-refractivity contribution >= 4 is 34.0 Å². The van der Waals surface area contributed by atoms with Crippen LogP contribution in [0.2, 0.25) is 0 Å². The lowest BCUT2D eigenvalue weighted by molar-refractivity contribution is 1.23. The number of benzene rings is 1. The molecule has 5 heteroatoms. The molecule has 0 aliphatic heterocycles. The van der Waals surface area contributed by atoms with Crippen LogP contribution in [0.25, 0.3) is 16.8 Å². The lowest BCUT2D eigenvalue weighted by atomic mass is 10.3. The van der Waals surface area contributed by atoms with E-state index in [2.05, 4.69) is 9.97 Å². The van der Waals surface area contributed by atoms with Crippen molar-refractivity contribution in [1.82, 2.24) is 14.4 Å². The number of H-pyrrole nitrogens is 1. The largest absolute Gasteiger partial charge is 0.388 e. The minimum Gasteiger partial charge on any atom is -0.388 e. The summed E-state index contributed by atoms with van der Waals surface area (Å²) in [5, 5.41) is 0. The van der Waals surface area contributed by atoms with Gasteiger partial charge in [0.2, 0.25) is 5.78 Å². The number of nitrogens with one attached hydrogen (secondary N) is 1. The van der Waals surface area contributed by atoms with Gasteiger partial charge in [0.05, 0.1) is 17.2 Å². The molecule has 0 atom stereocenters. The van der Waals surface area contributed by atoms with Crippen molar-refractivity contribution in [2.75, 3.05) is 0 Å². The summed E-state index contributed by atoms with van der Waals surface area (Å²) in [6, 6.07) is 7.94. The first kappa shape index (κ1) is 8.43. The number of nitrogens with two attached hydrogens (primary N) is 1. The molecule has 0 spiro atoms. The molecule has 3 rings (SSSR count). The summed E-state index contributed by atoms with van der Waals surface area (Å²) in [4.78, 5) is 7.76. The first-order valence-corrected chi connectivity index (χ1v) is 4.92. The average Bonchev–Trinajstić information content (AvgIpc) is 2.74. The maximum Gasteiger partial charge on any atom is 0.212 e. The molecule has 3 aromatic rings. The fraction of sp³-hybridized carbons (Fsp3) is 0. The fourth-order valence-electron chi connectivity index (χ4n) is 1.75. The number of nitrogens with zero attached hydrogens (tertiary/aromatic N) is 2. The molecule has 3 N–H and O–H groups in total. The Morgan fingerprint density at radius 3 is 3.00 bits per heavy atom. The van der Waals surface area contributed by atoms with E-state index in [1.54, 1.807) is 6.20 Å². The number of thiocarbonyl (C=S) groups is 1. The first-order valence-electron chi connectivity index (χ1n) is 4.51. The lowest BCUT2D eigenvalue weighted by Gasteiger charge is -1.95. The standard InChI is InChI=1S/C10H8N4S/c11-9(15)8-5-12-10-13-6-3-1-2-4-7(6)14(8)10/h1-5H,(H2,11,15)(H,12,13). The minimum atomic E-state index is 0.354. The van der Waals surface area contributed by atoms with Gasteiger partial charge in [-0.25, -0.2) is 4.98 Å². The van der Waals surface area contributed by atoms with Crippen molar-refractivity contribution in [3.05, 3.63) is 36.2 Å². The highest BCUT2D eigenvalue weighted by Gasteiger charge is 2.10. The summed E-state index contributed by atoms with van der Waals surface area (Å²) >= 11 is 4.98. The molecule has 1 aromatic carbocycles. The van der Waals surface area contributed by atoms with Crippen LogP contribution in [0.4, 0.5) is 0 Å². The summed E-state index contributed by atoms with van der Waals surface area (Å²) in [6.45, 7) is 0. The Morgan fingerprint density at radius 1 is 1.40 bits per heavy atom. The second-order valence-corrected chi connectivity index (χ2v) is 3.75. The zero-order chi connectivity index (χ0) is 10.4. The third kappa shape index (κ3) is 1.07. The maximum absolute atomic E-state index is 5.63. The molecule has 0 saturated heterocycles. The third-order valence-corrected chi connectivity index (χ3v) is 2.61. The summed E-state index contributed by atoms with van der Waals surface area (Å²) in [6.07, 6.45) is 1.68. The van der Waals surface area contributed by atoms with E-state index in [1.807, 2.05) is 28.7 Å². The average molecular weight is 216 g/mol. The van der Waals surface area contributed by atoms with Gasteiger partial charge in [-0.05, 0) is 12.1 Å². The molecule has 0 bridgehead atoms. The molecule has 2 aromatic heterocycles. The molecule has 74 valence electrons. The van der Waals surface area contributed by atoms with Crippen LogP contribution in [0, 0.1) is 0 Å². The van der Waals surface area contributed by atoms with E-state index in [-0.39, 0.29) is 0 Å². The Bertz CT molecular complexity index is 664. The molecule has 0 fully saturated rings. The smallest absolute Gasteiger partial charge is 0.212 e. The molecular weight excluding hydrogens is 208 g/mol. The number of aromatic nitrogens is 3. The molecule has 0 saturated carbocycles. The monoisotopic (exact) mass is 216 g/mol. The summed E-state index contributed by atoms with van der Waals surface area (Å²) in [5.41, 5.74) is 8.45. The van der Waals surface area contributed by atoms with Gasteiger partial charge in [0.25, 0.3) is 0 Å². The Balaban J connectivity index is 2.54. The first-order chi connectivity index (χ1) is 7.27. The van der Waals surface area contributed by atoms with Gasteiger partial charge < -0.3 is 10.7 Å². The third-order valence-electron chi connectivity index (χ3n) is 2.41. The predicted octanol–water partition coefficient (Wildman–Crippen LogP) is 1.45. The van der Waals surface area contributed by atoms with Gasteiger partial charge in [-0.3, -0.25) is 4.40 Å². The number of para-hydroxylation sites is 2. The van der Waals surface area contributed by atoms with E-state index in [1.165, 1.54) is 0 Å². The number of rotatable bonds is 1. The van der Waals surface area contributed by atoms with Gasteiger partial charge in [0.15, 0.2) is 0 Å². The Morgan fingerprint density at radius 2 is 2.20 bits per heavy atom. The lowest BCUT2D eigenvalue weighted by Crippen LogP contribution is -2.11. The van der Waals surface area contributed by atoms with Crippen LogP contribution in [0.5, 0.6) is 0 Å². The summed E-state index contributed by atoms with van der Waals surface area (Å²) in [7, 11) is 0. The normalized spacial score (nSPS) is 11.2. The van der Waals surface area contributed by atoms with Gasteiger partial charge in [-0.2, -0.15) is 0 Å². The molecule has 15 heavy (non-hydrogen) atoms. The van der Waals surface area contributed by atoms with E-state index in [9.17, 15) is 0 Å². The SMILES string of the molecule is NC(=S)c1cnc2[nH]c3ccccc3n12. The predicted molar refractivity (Wildman–Crippen MR) is 62.9 cm³/mol. The van der Waals surface area contributed by atoms with E-state index in [0.717, 1.165) is 22.5 Å². The van der Waals surface area contributed by atoms with Gasteiger partial charge >= 0.3 is 0 Å². The van der Waals surface area contributed by atoms with Crippen molar-refractivity contribution in [3.8, 4) is 0 Å². The number of fused-ring (bicyclic) bond motifs is 3. The van der Waals surface area contributed by atoms with Crippen LogP contribution in [0.1, 0.15) is 5.69 Å². The zero-order valence-corrected chi connectivity index (χ0v) is 8.58. The highest BCUT2D eigenvalue weighted by atomic mass is 32.1. The van der Waals surface area contributed by atoms with Gasteiger partial charge in [0.1, 0.15) is 10.7 Å². The second kappa shape index (κ2) is 2.80. The van der Waals surface area contributed by atoms with E-state index in [0.29, 0.717) is 4.99 Å². The van der Waals surface area contributed by atoms with Crippen LogP contribution in [-0.4, -0.2) is 19.4 Å². The summed E-state index contributed by atoms with van der Waals surface area (Å²) in [5.74, 6) is 0.763. The second-order valence-electron chi connectivity index (χ2n) is 3.31. The van der Waals surface area contributed by atoms with Crippen LogP contribution in [0.15, 0.2) is 30.5 Å². The topological polar surface area (TPSA) is 59.1 Å². The highest BCUT2D eigenvalue weighted by Crippen LogP contribution is 2.17. The van der Waals surface area contributed by atoms with Crippen LogP contribution >= 0.6 is 12.2 Å². The number of aromatic amines is 1. The van der Waals surface area contributed by atoms with E-state index >= 15 is 0 Å². The van der Waals surface area contributed by atoms with E-state index in [4.69, 9.17) is 18.0 Å². The van der Waals surface area contributed by atoms with Gasteiger partial charge in [-0.1, -0.05) is 24.4 Å². The van der Waals surface area contributed by atoms with Crippen molar-refractivity contribution in [2.45, 2.75) is 0 Å². The maximum atomic E-state index is 5.63. The number of hydrogen-bond acceptors (Lipinski definition) is 2. The van der Waals surface area contributed by atoms with Gasteiger partial charge in [-0.15, -0.1) is 0 Å².